The summed E-state index contributed by atoms with van der Waals surface area (Å²) in [7, 11) is 0.106. The van der Waals surface area contributed by atoms with E-state index in [2.05, 4.69) is 11.7 Å². The lowest BCUT2D eigenvalue weighted by atomic mass is 10.2. The molecule has 1 aromatic heterocycles. The number of carbonyl (C=O) groups is 1. The third kappa shape index (κ3) is 6.51. The van der Waals surface area contributed by atoms with Crippen LogP contribution in [0.3, 0.4) is 0 Å². The topological polar surface area (TPSA) is 55.8 Å². The Kier molecular flexibility index (Phi) is 9.64. The van der Waals surface area contributed by atoms with Crippen molar-refractivity contribution in [2.75, 3.05) is 32.6 Å². The molecule has 0 saturated heterocycles. The molecule has 0 radical (unpaired) electrons. The number of thioether (sulfide) groups is 1. The molecular formula is C24H28ClNO4S3. The number of hydrogen-bond donors (Lipinski definition) is 0. The van der Waals surface area contributed by atoms with Crippen LogP contribution in [-0.2, 0) is 20.5 Å². The summed E-state index contributed by atoms with van der Waals surface area (Å²) in [6.07, 6.45) is 0.923. The van der Waals surface area contributed by atoms with Crippen LogP contribution in [0.25, 0.3) is 10.1 Å². The monoisotopic (exact) mass is 525 g/mol. The summed E-state index contributed by atoms with van der Waals surface area (Å²) in [5, 5.41) is 1.71. The summed E-state index contributed by atoms with van der Waals surface area (Å²) in [6.45, 7) is 7.40. The van der Waals surface area contributed by atoms with E-state index in [0.717, 1.165) is 49.0 Å². The van der Waals surface area contributed by atoms with Crippen molar-refractivity contribution in [3.8, 4) is 5.75 Å². The second-order valence-corrected chi connectivity index (χ2v) is 11.8. The van der Waals surface area contributed by atoms with E-state index in [1.807, 2.05) is 54.6 Å². The Hall–Kier alpha value is -1.58. The number of halogens is 1. The van der Waals surface area contributed by atoms with Gasteiger partial charge in [-0.15, -0.1) is 23.1 Å². The quantitative estimate of drug-likeness (QED) is 0.219. The van der Waals surface area contributed by atoms with Gasteiger partial charge in [-0.2, -0.15) is 0 Å². The van der Waals surface area contributed by atoms with Crippen LogP contribution in [0.2, 0.25) is 5.02 Å². The van der Waals surface area contributed by atoms with Gasteiger partial charge in [0.1, 0.15) is 20.9 Å². The Bertz CT molecular complexity index is 1150. The minimum Gasteiger partial charge on any atom is -0.482 e. The van der Waals surface area contributed by atoms with E-state index >= 15 is 0 Å². The first kappa shape index (κ1) is 26.0. The third-order valence-corrected chi connectivity index (χ3v) is 9.53. The number of hydrogen-bond acceptors (Lipinski definition) is 6. The summed E-state index contributed by atoms with van der Waals surface area (Å²) in [4.78, 5) is 12.4. The first-order valence-corrected chi connectivity index (χ1v) is 13.9. The molecule has 0 spiro atoms. The number of methoxy groups -OCH3 is 1. The van der Waals surface area contributed by atoms with Gasteiger partial charge in [-0.1, -0.05) is 24.6 Å². The molecule has 0 N–H and O–H groups in total. The van der Waals surface area contributed by atoms with Crippen LogP contribution in [0.15, 0.2) is 45.5 Å². The molecule has 0 aliphatic rings. The highest BCUT2D eigenvalue weighted by Crippen LogP contribution is 2.38. The van der Waals surface area contributed by atoms with Crippen molar-refractivity contribution in [2.24, 2.45) is 0 Å². The molecule has 3 aromatic rings. The molecule has 0 fully saturated rings. The van der Waals surface area contributed by atoms with E-state index < -0.39 is 17.0 Å². The molecule has 33 heavy (non-hydrogen) atoms. The molecule has 5 nitrogen and oxygen atoms in total. The zero-order valence-corrected chi connectivity index (χ0v) is 22.4. The molecule has 0 aliphatic carbocycles. The molecule has 1 heterocycles. The van der Waals surface area contributed by atoms with Crippen LogP contribution in [0, 0.1) is 13.8 Å². The Balaban J connectivity index is 1.65. The average Bonchev–Trinajstić information content (AvgIpc) is 3.14. The summed E-state index contributed by atoms with van der Waals surface area (Å²) in [6, 6.07) is 11.7. The summed E-state index contributed by atoms with van der Waals surface area (Å²) >= 11 is 9.67. The minimum atomic E-state index is -1.23. The lowest BCUT2D eigenvalue weighted by Crippen LogP contribution is -2.29. The van der Waals surface area contributed by atoms with Gasteiger partial charge in [-0.25, -0.2) is 13.3 Å². The summed E-state index contributed by atoms with van der Waals surface area (Å²) in [5.41, 5.74) is 1.96. The number of benzene rings is 2. The van der Waals surface area contributed by atoms with Crippen molar-refractivity contribution in [1.82, 2.24) is 4.31 Å². The molecule has 178 valence electrons. The maximum atomic E-state index is 13.5. The van der Waals surface area contributed by atoms with Crippen LogP contribution in [0.5, 0.6) is 5.75 Å². The molecule has 0 aliphatic heterocycles. The van der Waals surface area contributed by atoms with Gasteiger partial charge in [-0.05, 0) is 61.7 Å². The number of nitrogens with zero attached hydrogens (tertiary/aromatic N) is 1. The SMILES string of the molecule is CCCN(CCSc1ccc(OCC(=O)OC)c(C)c1)S(=O)c1sc2cccc(Cl)c2c1C. The number of ether oxygens (including phenoxy) is 2. The predicted molar refractivity (Wildman–Crippen MR) is 139 cm³/mol. The highest BCUT2D eigenvalue weighted by Gasteiger charge is 2.21. The summed E-state index contributed by atoms with van der Waals surface area (Å²) < 4.78 is 27.6. The van der Waals surface area contributed by atoms with Crippen molar-refractivity contribution in [1.29, 1.82) is 0 Å². The number of thiophene rings is 1. The highest BCUT2D eigenvalue weighted by atomic mass is 35.5. The van der Waals surface area contributed by atoms with Gasteiger partial charge in [0.15, 0.2) is 6.61 Å². The smallest absolute Gasteiger partial charge is 0.343 e. The first-order valence-electron chi connectivity index (χ1n) is 10.6. The fourth-order valence-corrected chi connectivity index (χ4v) is 7.88. The number of rotatable bonds is 11. The molecule has 9 heteroatoms. The van der Waals surface area contributed by atoms with E-state index in [1.165, 1.54) is 7.11 Å². The van der Waals surface area contributed by atoms with E-state index in [1.54, 1.807) is 23.1 Å². The number of esters is 1. The van der Waals surface area contributed by atoms with Gasteiger partial charge in [-0.3, -0.25) is 0 Å². The normalized spacial score (nSPS) is 12.3. The summed E-state index contributed by atoms with van der Waals surface area (Å²) in [5.74, 6) is 1.06. The Morgan fingerprint density at radius 1 is 1.21 bits per heavy atom. The zero-order chi connectivity index (χ0) is 24.0. The molecule has 0 amide bonds. The maximum absolute atomic E-state index is 13.5. The maximum Gasteiger partial charge on any atom is 0.343 e. The number of aryl methyl sites for hydroxylation is 2. The van der Waals surface area contributed by atoms with Crippen molar-refractivity contribution < 1.29 is 18.5 Å². The number of fused-ring (bicyclic) bond motifs is 1. The predicted octanol–water partition coefficient (Wildman–Crippen LogP) is 6.25. The van der Waals surface area contributed by atoms with Gasteiger partial charge in [0.2, 0.25) is 0 Å². The van der Waals surface area contributed by atoms with E-state index in [0.29, 0.717) is 17.3 Å². The molecule has 0 bridgehead atoms. The highest BCUT2D eigenvalue weighted by molar-refractivity contribution is 7.99. The Morgan fingerprint density at radius 2 is 2.00 bits per heavy atom. The van der Waals surface area contributed by atoms with Crippen molar-refractivity contribution in [3.63, 3.8) is 0 Å². The van der Waals surface area contributed by atoms with Gasteiger partial charge in [0.25, 0.3) is 0 Å². The van der Waals surface area contributed by atoms with Gasteiger partial charge in [0.05, 0.1) is 7.11 Å². The van der Waals surface area contributed by atoms with Gasteiger partial charge < -0.3 is 9.47 Å². The molecule has 3 rings (SSSR count). The lowest BCUT2D eigenvalue weighted by Gasteiger charge is -2.20. The molecule has 2 aromatic carbocycles. The average molecular weight is 526 g/mol. The third-order valence-electron chi connectivity index (χ3n) is 5.05. The van der Waals surface area contributed by atoms with E-state index in [-0.39, 0.29) is 6.61 Å². The van der Waals surface area contributed by atoms with Crippen molar-refractivity contribution in [2.45, 2.75) is 36.3 Å². The molecular weight excluding hydrogens is 498 g/mol. The first-order chi connectivity index (χ1) is 15.8. The standard InChI is InChI=1S/C24H28ClNO4S3/c1-5-11-26(33(28)24-17(3)23-19(25)7-6-8-21(23)32-24)12-13-31-18-9-10-20(16(2)14-18)30-15-22(27)29-4/h6-10,14H,5,11-13,15H2,1-4H3. The minimum absolute atomic E-state index is 0.107. The molecule has 1 atom stereocenters. The van der Waals surface area contributed by atoms with E-state index in [4.69, 9.17) is 16.3 Å². The Labute approximate surface area is 211 Å². The van der Waals surface area contributed by atoms with Crippen LogP contribution >= 0.6 is 34.7 Å². The van der Waals surface area contributed by atoms with Crippen LogP contribution in [0.4, 0.5) is 0 Å². The van der Waals surface area contributed by atoms with Gasteiger partial charge >= 0.3 is 5.97 Å². The lowest BCUT2D eigenvalue weighted by molar-refractivity contribution is -0.142. The zero-order valence-electron chi connectivity index (χ0n) is 19.2. The second-order valence-electron chi connectivity index (χ2n) is 7.45. The largest absolute Gasteiger partial charge is 0.482 e. The van der Waals surface area contributed by atoms with Crippen LogP contribution in [0.1, 0.15) is 24.5 Å². The molecule has 1 unspecified atom stereocenters. The van der Waals surface area contributed by atoms with E-state index in [9.17, 15) is 9.00 Å². The van der Waals surface area contributed by atoms with Crippen LogP contribution in [-0.4, -0.2) is 47.0 Å². The second kappa shape index (κ2) is 12.2. The Morgan fingerprint density at radius 3 is 2.67 bits per heavy atom. The van der Waals surface area contributed by atoms with Crippen molar-refractivity contribution >= 4 is 61.7 Å². The van der Waals surface area contributed by atoms with Gasteiger partial charge in [0, 0.05) is 38.8 Å². The molecule has 0 saturated carbocycles. The fourth-order valence-electron chi connectivity index (χ4n) is 3.38. The fraction of sp³-hybridized carbons (Fsp3) is 0.375. The van der Waals surface area contributed by atoms with Crippen molar-refractivity contribution in [3.05, 3.63) is 52.5 Å². The van der Waals surface area contributed by atoms with Crippen LogP contribution < -0.4 is 4.74 Å². The number of carbonyl (C=O) groups excluding carboxylic acids is 1.